The van der Waals surface area contributed by atoms with Gasteiger partial charge in [-0.25, -0.2) is 9.78 Å². The van der Waals surface area contributed by atoms with E-state index in [-0.39, 0.29) is 0 Å². The van der Waals surface area contributed by atoms with Gasteiger partial charge in [0.25, 0.3) is 0 Å². The standard InChI is InChI=1S/C32H35NO5/c1-5-6-10-26-21-27(38-32(3,4)31(34)35)17-18-29(26)36-20-19-28-22(2)37-30(33-28)25-15-13-24(14-16-25)23-11-8-7-9-12-23/h7-9,11-18,21H,5-6,10,19-20H2,1-4H3,(H,34,35). The molecule has 1 aromatic heterocycles. The molecule has 0 fully saturated rings. The number of benzene rings is 3. The largest absolute Gasteiger partial charge is 0.493 e. The van der Waals surface area contributed by atoms with Gasteiger partial charge < -0.3 is 19.0 Å². The zero-order valence-electron chi connectivity index (χ0n) is 22.5. The van der Waals surface area contributed by atoms with Gasteiger partial charge in [0, 0.05) is 12.0 Å². The van der Waals surface area contributed by atoms with Gasteiger partial charge in [0.05, 0.1) is 12.3 Å². The van der Waals surface area contributed by atoms with Crippen molar-refractivity contribution in [3.8, 4) is 34.1 Å². The molecule has 3 aromatic carbocycles. The second kappa shape index (κ2) is 12.0. The maximum atomic E-state index is 11.5. The van der Waals surface area contributed by atoms with E-state index >= 15 is 0 Å². The minimum atomic E-state index is -1.31. The van der Waals surface area contributed by atoms with Crippen molar-refractivity contribution in [2.24, 2.45) is 0 Å². The molecule has 1 N–H and O–H groups in total. The summed E-state index contributed by atoms with van der Waals surface area (Å²) in [5.74, 6) is 1.66. The summed E-state index contributed by atoms with van der Waals surface area (Å²) in [6, 6.07) is 24.0. The van der Waals surface area contributed by atoms with Gasteiger partial charge in [-0.3, -0.25) is 0 Å². The molecule has 6 nitrogen and oxygen atoms in total. The molecule has 0 spiro atoms. The van der Waals surface area contributed by atoms with Crippen molar-refractivity contribution in [3.05, 3.63) is 89.8 Å². The van der Waals surface area contributed by atoms with Crippen LogP contribution in [0.15, 0.2) is 77.2 Å². The first-order chi connectivity index (χ1) is 18.3. The maximum Gasteiger partial charge on any atom is 0.347 e. The number of carboxylic acids is 1. The molecular weight excluding hydrogens is 478 g/mol. The smallest absolute Gasteiger partial charge is 0.347 e. The Morgan fingerprint density at radius 2 is 1.63 bits per heavy atom. The number of oxazole rings is 1. The van der Waals surface area contributed by atoms with Crippen molar-refractivity contribution < 1.29 is 23.8 Å². The normalized spacial score (nSPS) is 11.4. The number of carbonyl (C=O) groups is 1. The molecule has 0 saturated heterocycles. The summed E-state index contributed by atoms with van der Waals surface area (Å²) < 4.78 is 17.9. The molecule has 0 amide bonds. The highest BCUT2D eigenvalue weighted by Crippen LogP contribution is 2.29. The molecule has 6 heteroatoms. The number of hydrogen-bond donors (Lipinski definition) is 1. The van der Waals surface area contributed by atoms with Crippen molar-refractivity contribution in [1.29, 1.82) is 0 Å². The van der Waals surface area contributed by atoms with E-state index in [9.17, 15) is 9.90 Å². The second-order valence-corrected chi connectivity index (χ2v) is 9.85. The van der Waals surface area contributed by atoms with Gasteiger partial charge >= 0.3 is 5.97 Å². The van der Waals surface area contributed by atoms with Crippen LogP contribution in [0.4, 0.5) is 0 Å². The first-order valence-electron chi connectivity index (χ1n) is 13.1. The van der Waals surface area contributed by atoms with Gasteiger partial charge in [-0.1, -0.05) is 55.8 Å². The van der Waals surface area contributed by atoms with Crippen molar-refractivity contribution in [1.82, 2.24) is 4.98 Å². The first-order valence-corrected chi connectivity index (χ1v) is 13.1. The van der Waals surface area contributed by atoms with Crippen LogP contribution in [0.2, 0.25) is 0 Å². The Balaban J connectivity index is 1.42. The SMILES string of the molecule is CCCCc1cc(OC(C)(C)C(=O)O)ccc1OCCc1nc(-c2ccc(-c3ccccc3)cc2)oc1C. The molecule has 0 aliphatic rings. The zero-order chi connectivity index (χ0) is 27.1. The van der Waals surface area contributed by atoms with Crippen LogP contribution in [-0.4, -0.2) is 28.3 Å². The van der Waals surface area contributed by atoms with E-state index in [1.165, 1.54) is 19.4 Å². The molecule has 38 heavy (non-hydrogen) atoms. The maximum absolute atomic E-state index is 11.5. The van der Waals surface area contributed by atoms with Crippen molar-refractivity contribution >= 4 is 5.97 Å². The van der Waals surface area contributed by atoms with Crippen molar-refractivity contribution in [3.63, 3.8) is 0 Å². The summed E-state index contributed by atoms with van der Waals surface area (Å²) in [4.78, 5) is 16.2. The number of aliphatic carboxylic acids is 1. The molecule has 0 bridgehead atoms. The van der Waals surface area contributed by atoms with Crippen LogP contribution in [0, 0.1) is 6.92 Å². The highest BCUT2D eigenvalue weighted by atomic mass is 16.5. The van der Waals surface area contributed by atoms with E-state index < -0.39 is 11.6 Å². The van der Waals surface area contributed by atoms with E-state index in [4.69, 9.17) is 18.9 Å². The number of aromatic nitrogens is 1. The molecule has 0 atom stereocenters. The third-order valence-corrected chi connectivity index (χ3v) is 6.45. The van der Waals surface area contributed by atoms with Crippen LogP contribution in [0.3, 0.4) is 0 Å². The third kappa shape index (κ3) is 6.62. The Labute approximate surface area is 224 Å². The van der Waals surface area contributed by atoms with E-state index in [0.717, 1.165) is 53.2 Å². The molecular formula is C32H35NO5. The predicted octanol–water partition coefficient (Wildman–Crippen LogP) is 7.52. The fourth-order valence-corrected chi connectivity index (χ4v) is 4.14. The molecule has 0 radical (unpaired) electrons. The topological polar surface area (TPSA) is 81.8 Å². The van der Waals surface area contributed by atoms with Crippen molar-refractivity contribution in [2.75, 3.05) is 6.61 Å². The Morgan fingerprint density at radius 1 is 0.947 bits per heavy atom. The Bertz CT molecular complexity index is 1360. The van der Waals surface area contributed by atoms with E-state index in [1.54, 1.807) is 6.07 Å². The van der Waals surface area contributed by atoms with E-state index in [1.807, 2.05) is 49.4 Å². The summed E-state index contributed by atoms with van der Waals surface area (Å²) in [5, 5.41) is 9.39. The Hall–Kier alpha value is -4.06. The number of rotatable bonds is 12. The minimum absolute atomic E-state index is 0.444. The highest BCUT2D eigenvalue weighted by Gasteiger charge is 2.29. The van der Waals surface area contributed by atoms with Crippen LogP contribution >= 0.6 is 0 Å². The summed E-state index contributed by atoms with van der Waals surface area (Å²) in [6.07, 6.45) is 3.47. The molecule has 1 heterocycles. The molecule has 0 aliphatic carbocycles. The first kappa shape index (κ1) is 27.0. The quantitative estimate of drug-likeness (QED) is 0.211. The monoisotopic (exact) mass is 513 g/mol. The predicted molar refractivity (Wildman–Crippen MR) is 149 cm³/mol. The Morgan fingerprint density at radius 3 is 2.32 bits per heavy atom. The number of nitrogens with zero attached hydrogens (tertiary/aromatic N) is 1. The van der Waals surface area contributed by atoms with Crippen LogP contribution in [0.1, 0.15) is 50.6 Å². The summed E-state index contributed by atoms with van der Waals surface area (Å²) in [5.41, 5.74) is 3.81. The average Bonchev–Trinajstić information content (AvgIpc) is 3.29. The van der Waals surface area contributed by atoms with E-state index in [0.29, 0.717) is 24.7 Å². The number of hydrogen-bond acceptors (Lipinski definition) is 5. The number of ether oxygens (including phenoxy) is 2. The van der Waals surface area contributed by atoms with Gasteiger partial charge in [-0.2, -0.15) is 0 Å². The van der Waals surface area contributed by atoms with Crippen molar-refractivity contribution in [2.45, 2.75) is 59.0 Å². The Kier molecular flexibility index (Phi) is 8.52. The van der Waals surface area contributed by atoms with Gasteiger partial charge in [0.1, 0.15) is 17.3 Å². The molecule has 4 rings (SSSR count). The lowest BCUT2D eigenvalue weighted by Gasteiger charge is -2.22. The lowest BCUT2D eigenvalue weighted by molar-refractivity contribution is -0.152. The molecule has 0 aliphatic heterocycles. The van der Waals surface area contributed by atoms with Crippen LogP contribution in [0.25, 0.3) is 22.6 Å². The molecule has 0 unspecified atom stereocenters. The van der Waals surface area contributed by atoms with Gasteiger partial charge in [0.2, 0.25) is 5.89 Å². The number of unbranched alkanes of at least 4 members (excludes halogenated alkanes) is 1. The summed E-state index contributed by atoms with van der Waals surface area (Å²) >= 11 is 0. The molecule has 0 saturated carbocycles. The fourth-order valence-electron chi connectivity index (χ4n) is 4.14. The number of carboxylic acid groups (broad SMARTS) is 1. The molecule has 4 aromatic rings. The summed E-state index contributed by atoms with van der Waals surface area (Å²) in [6.45, 7) is 7.58. The van der Waals surface area contributed by atoms with Gasteiger partial charge in [-0.15, -0.1) is 0 Å². The van der Waals surface area contributed by atoms with Crippen LogP contribution in [0.5, 0.6) is 11.5 Å². The van der Waals surface area contributed by atoms with Crippen LogP contribution in [-0.2, 0) is 17.6 Å². The number of aryl methyl sites for hydroxylation is 2. The molecule has 198 valence electrons. The lowest BCUT2D eigenvalue weighted by atomic mass is 10.0. The third-order valence-electron chi connectivity index (χ3n) is 6.45. The zero-order valence-corrected chi connectivity index (χ0v) is 22.5. The second-order valence-electron chi connectivity index (χ2n) is 9.85. The summed E-state index contributed by atoms with van der Waals surface area (Å²) in [7, 11) is 0. The van der Waals surface area contributed by atoms with Crippen LogP contribution < -0.4 is 9.47 Å². The van der Waals surface area contributed by atoms with Gasteiger partial charge in [-0.05, 0) is 80.6 Å². The van der Waals surface area contributed by atoms with E-state index in [2.05, 4.69) is 31.2 Å². The lowest BCUT2D eigenvalue weighted by Crippen LogP contribution is -2.37. The van der Waals surface area contributed by atoms with Gasteiger partial charge in [0.15, 0.2) is 5.60 Å². The highest BCUT2D eigenvalue weighted by molar-refractivity contribution is 5.76. The fraction of sp³-hybridized carbons (Fsp3) is 0.312. The average molecular weight is 514 g/mol. The minimum Gasteiger partial charge on any atom is -0.493 e.